The molecule has 2 unspecified atom stereocenters. The predicted molar refractivity (Wildman–Crippen MR) is 239 cm³/mol. The second-order valence-electron chi connectivity index (χ2n) is 16.9. The van der Waals surface area contributed by atoms with Gasteiger partial charge < -0.3 is 23.8 Å². The van der Waals surface area contributed by atoms with Gasteiger partial charge in [0.25, 0.3) is 0 Å². The summed E-state index contributed by atoms with van der Waals surface area (Å²) in [6.45, 7) is 13.6. The average Bonchev–Trinajstić information content (AvgIpc) is 3.21. The molecule has 0 aliphatic heterocycles. The summed E-state index contributed by atoms with van der Waals surface area (Å²) >= 11 is 0. The van der Waals surface area contributed by atoms with Crippen molar-refractivity contribution in [2.45, 2.75) is 240 Å². The molecule has 0 saturated carbocycles. The van der Waals surface area contributed by atoms with Crippen LogP contribution in [-0.2, 0) is 18.9 Å². The molecule has 0 aliphatic carbocycles. The Labute approximate surface area is 353 Å². The van der Waals surface area contributed by atoms with E-state index in [-0.39, 0.29) is 0 Å². The van der Waals surface area contributed by atoms with E-state index in [4.69, 9.17) is 24.2 Å². The molecule has 8 heteroatoms. The van der Waals surface area contributed by atoms with Crippen LogP contribution in [0.25, 0.3) is 0 Å². The van der Waals surface area contributed by atoms with E-state index in [1.54, 1.807) is 0 Å². The molecule has 2 atom stereocenters. The van der Waals surface area contributed by atoms with Crippen molar-refractivity contribution in [1.82, 2.24) is 4.90 Å². The van der Waals surface area contributed by atoms with Crippen molar-refractivity contribution in [3.8, 4) is 6.07 Å². The molecule has 336 valence electrons. The van der Waals surface area contributed by atoms with Gasteiger partial charge in [0.1, 0.15) is 0 Å². The van der Waals surface area contributed by atoms with Gasteiger partial charge in [0.2, 0.25) is 0 Å². The van der Waals surface area contributed by atoms with Crippen LogP contribution in [0, 0.1) is 23.2 Å². The van der Waals surface area contributed by atoms with Crippen LogP contribution in [0.1, 0.15) is 240 Å². The van der Waals surface area contributed by atoms with Crippen molar-refractivity contribution in [1.29, 1.82) is 5.26 Å². The van der Waals surface area contributed by atoms with Crippen molar-refractivity contribution in [3.63, 3.8) is 0 Å². The predicted octanol–water partition coefficient (Wildman–Crippen LogP) is 15.3. The fourth-order valence-corrected chi connectivity index (χ4v) is 7.66. The van der Waals surface area contributed by atoms with Crippen molar-refractivity contribution in [2.24, 2.45) is 11.8 Å². The zero-order chi connectivity index (χ0) is 41.7. The van der Waals surface area contributed by atoms with Crippen LogP contribution < -0.4 is 0 Å². The molecule has 0 radical (unpaired) electrons. The first-order valence-corrected chi connectivity index (χ1v) is 24.7. The minimum atomic E-state index is -0.513. The van der Waals surface area contributed by atoms with Crippen molar-refractivity contribution in [3.05, 3.63) is 0 Å². The van der Waals surface area contributed by atoms with Gasteiger partial charge in [0.15, 0.2) is 0 Å². The van der Waals surface area contributed by atoms with Gasteiger partial charge in [-0.2, -0.15) is 5.26 Å². The van der Waals surface area contributed by atoms with Crippen molar-refractivity contribution in [2.75, 3.05) is 46.1 Å². The third-order valence-electron chi connectivity index (χ3n) is 11.5. The molecule has 0 aliphatic rings. The number of carbonyl (C=O) groups excluding carboxylic acids is 2. The lowest BCUT2D eigenvalue weighted by molar-refractivity contribution is 0.0398. The number of unbranched alkanes of at least 4 members (excludes halogenated alkanes) is 22. The standard InChI is InChI=1S/C49H94N2O6/c1-5-9-13-17-19-27-36-46(34-25-15-11-7-3)44-56-48(52)54-42-31-23-21-29-39-51(41-33-38-50)40-30-22-24-32-43-55-49(53)57-45-47(35-26-16-12-8-4)37-28-20-18-14-10-6-2/h46-47H,5-37,39-45H2,1-4H3. The third-order valence-corrected chi connectivity index (χ3v) is 11.5. The topological polar surface area (TPSA) is 98.1 Å². The second-order valence-corrected chi connectivity index (χ2v) is 16.9. The van der Waals surface area contributed by atoms with E-state index in [1.165, 1.54) is 128 Å². The van der Waals surface area contributed by atoms with E-state index < -0.39 is 12.3 Å². The highest BCUT2D eigenvalue weighted by molar-refractivity contribution is 5.60. The number of hydrogen-bond donors (Lipinski definition) is 0. The summed E-state index contributed by atoms with van der Waals surface area (Å²) in [4.78, 5) is 27.0. The number of hydrogen-bond acceptors (Lipinski definition) is 8. The van der Waals surface area contributed by atoms with Gasteiger partial charge in [-0.1, -0.05) is 182 Å². The Balaban J connectivity index is 4.15. The Morgan fingerprint density at radius 1 is 0.421 bits per heavy atom. The maximum Gasteiger partial charge on any atom is 0.508 e. The summed E-state index contributed by atoms with van der Waals surface area (Å²) in [6, 6.07) is 2.30. The normalized spacial score (nSPS) is 12.4. The molecule has 0 saturated heterocycles. The van der Waals surface area contributed by atoms with Gasteiger partial charge in [-0.3, -0.25) is 0 Å². The quantitative estimate of drug-likeness (QED) is 0.0443. The molecule has 0 bridgehead atoms. The lowest BCUT2D eigenvalue weighted by atomic mass is 9.95. The molecule has 8 nitrogen and oxygen atoms in total. The molecular formula is C49H94N2O6. The molecule has 0 fully saturated rings. The SMILES string of the molecule is CCCCCCCCC(CCCCCC)COC(=O)OCCCCCCN(CCC#N)CCCCCCOC(=O)OCC(CCCCCC)CCCCCCCC. The maximum atomic E-state index is 12.3. The molecule has 0 rings (SSSR count). The highest BCUT2D eigenvalue weighted by atomic mass is 16.7. The van der Waals surface area contributed by atoms with Crippen molar-refractivity contribution >= 4 is 12.3 Å². The Bertz CT molecular complexity index is 834. The van der Waals surface area contributed by atoms with E-state index in [9.17, 15) is 9.59 Å². The highest BCUT2D eigenvalue weighted by Gasteiger charge is 2.15. The Morgan fingerprint density at radius 2 is 0.737 bits per heavy atom. The summed E-state index contributed by atoms with van der Waals surface area (Å²) in [5, 5.41) is 9.16. The minimum Gasteiger partial charge on any atom is -0.434 e. The van der Waals surface area contributed by atoms with E-state index >= 15 is 0 Å². The van der Waals surface area contributed by atoms with Gasteiger partial charge in [0.05, 0.1) is 32.5 Å². The summed E-state index contributed by atoms with van der Waals surface area (Å²) in [5.41, 5.74) is 0. The number of ether oxygens (including phenoxy) is 4. The molecule has 0 aromatic heterocycles. The smallest absolute Gasteiger partial charge is 0.434 e. The molecule has 0 aromatic carbocycles. The first kappa shape index (κ1) is 55.0. The first-order valence-electron chi connectivity index (χ1n) is 24.7. The zero-order valence-electron chi connectivity index (χ0n) is 38.3. The van der Waals surface area contributed by atoms with E-state index in [0.717, 1.165) is 96.7 Å². The largest absolute Gasteiger partial charge is 0.508 e. The molecule has 0 aromatic rings. The lowest BCUT2D eigenvalue weighted by Crippen LogP contribution is -2.27. The van der Waals surface area contributed by atoms with Crippen LogP contribution in [0.2, 0.25) is 0 Å². The zero-order valence-corrected chi connectivity index (χ0v) is 38.3. The van der Waals surface area contributed by atoms with Crippen molar-refractivity contribution < 1.29 is 28.5 Å². The summed E-state index contributed by atoms with van der Waals surface area (Å²) in [5.74, 6) is 0.892. The monoisotopic (exact) mass is 807 g/mol. The van der Waals surface area contributed by atoms with E-state index in [2.05, 4.69) is 38.7 Å². The molecule has 57 heavy (non-hydrogen) atoms. The van der Waals surface area contributed by atoms with Gasteiger partial charge in [0, 0.05) is 13.0 Å². The summed E-state index contributed by atoms with van der Waals surface area (Å²) in [7, 11) is 0. The molecule has 0 N–H and O–H groups in total. The van der Waals surface area contributed by atoms with Crippen LogP contribution in [0.4, 0.5) is 9.59 Å². The fourth-order valence-electron chi connectivity index (χ4n) is 7.66. The maximum absolute atomic E-state index is 12.3. The molecule has 0 amide bonds. The fraction of sp³-hybridized carbons (Fsp3) is 0.939. The third kappa shape index (κ3) is 40.6. The lowest BCUT2D eigenvalue weighted by Gasteiger charge is -2.21. The van der Waals surface area contributed by atoms with Gasteiger partial charge >= 0.3 is 12.3 Å². The minimum absolute atomic E-state index is 0.413. The molecule has 0 spiro atoms. The second kappa shape index (κ2) is 45.1. The number of nitriles is 1. The number of carbonyl (C=O) groups is 2. The molecule has 0 heterocycles. The average molecular weight is 807 g/mol. The van der Waals surface area contributed by atoms with Crippen LogP contribution in [0.15, 0.2) is 0 Å². The number of rotatable bonds is 44. The first-order chi connectivity index (χ1) is 28.0. The van der Waals surface area contributed by atoms with E-state index in [0.29, 0.717) is 44.7 Å². The van der Waals surface area contributed by atoms with Crippen LogP contribution in [0.5, 0.6) is 0 Å². The van der Waals surface area contributed by atoms with Crippen LogP contribution in [-0.4, -0.2) is 63.3 Å². The van der Waals surface area contributed by atoms with Crippen LogP contribution >= 0.6 is 0 Å². The van der Waals surface area contributed by atoms with E-state index in [1.807, 2.05) is 0 Å². The van der Waals surface area contributed by atoms with Crippen LogP contribution in [0.3, 0.4) is 0 Å². The Morgan fingerprint density at radius 3 is 1.11 bits per heavy atom. The summed E-state index contributed by atoms with van der Waals surface area (Å²) in [6.07, 6.45) is 37.6. The Kier molecular flexibility index (Phi) is 43.5. The van der Waals surface area contributed by atoms with Gasteiger partial charge in [-0.05, 0) is 76.3 Å². The number of nitrogens with zero attached hydrogens (tertiary/aromatic N) is 2. The molecular weight excluding hydrogens is 713 g/mol. The highest BCUT2D eigenvalue weighted by Crippen LogP contribution is 2.21. The Hall–Kier alpha value is -2.01. The van der Waals surface area contributed by atoms with Gasteiger partial charge in [-0.15, -0.1) is 0 Å². The van der Waals surface area contributed by atoms with Gasteiger partial charge in [-0.25, -0.2) is 9.59 Å². The summed E-state index contributed by atoms with van der Waals surface area (Å²) < 4.78 is 22.0.